The van der Waals surface area contributed by atoms with Crippen molar-refractivity contribution in [2.24, 2.45) is 0 Å². The highest BCUT2D eigenvalue weighted by Gasteiger charge is 2.17. The average molecular weight is 300 g/mol. The number of aliphatic hydroxyl groups excluding tert-OH is 1. The first kappa shape index (κ1) is 17.1. The van der Waals surface area contributed by atoms with Crippen LogP contribution < -0.4 is 4.72 Å². The molecule has 0 aliphatic rings. The van der Waals surface area contributed by atoms with E-state index in [-0.39, 0.29) is 11.5 Å². The lowest BCUT2D eigenvalue weighted by Crippen LogP contribution is -2.28. The summed E-state index contributed by atoms with van der Waals surface area (Å²) in [6.45, 7) is 4.71. The van der Waals surface area contributed by atoms with Gasteiger partial charge in [-0.2, -0.15) is 0 Å². The molecule has 0 aromatic heterocycles. The van der Waals surface area contributed by atoms with Crippen LogP contribution in [0.15, 0.2) is 17.0 Å². The van der Waals surface area contributed by atoms with Gasteiger partial charge in [0.2, 0.25) is 10.0 Å². The van der Waals surface area contributed by atoms with Gasteiger partial charge in [-0.15, -0.1) is 0 Å². The van der Waals surface area contributed by atoms with Crippen LogP contribution in [0.4, 0.5) is 0 Å². The lowest BCUT2D eigenvalue weighted by Gasteiger charge is -2.13. The monoisotopic (exact) mass is 300 g/mol. The second-order valence-electron chi connectivity index (χ2n) is 5.26. The zero-order valence-electron chi connectivity index (χ0n) is 12.6. The molecule has 0 unspecified atom stereocenters. The van der Waals surface area contributed by atoms with Crippen molar-refractivity contribution in [3.05, 3.63) is 28.8 Å². The Balaban J connectivity index is 2.87. The third kappa shape index (κ3) is 4.56. The summed E-state index contributed by atoms with van der Waals surface area (Å²) in [4.78, 5) is 2.26. The van der Waals surface area contributed by atoms with E-state index >= 15 is 0 Å². The van der Waals surface area contributed by atoms with Crippen molar-refractivity contribution >= 4 is 10.0 Å². The molecule has 0 heterocycles. The molecule has 0 aliphatic heterocycles. The Morgan fingerprint density at radius 2 is 1.85 bits per heavy atom. The molecule has 0 bridgehead atoms. The van der Waals surface area contributed by atoms with E-state index < -0.39 is 10.0 Å². The zero-order chi connectivity index (χ0) is 15.3. The van der Waals surface area contributed by atoms with Gasteiger partial charge in [0.1, 0.15) is 0 Å². The van der Waals surface area contributed by atoms with Crippen molar-refractivity contribution in [1.29, 1.82) is 0 Å². The minimum absolute atomic E-state index is 0.157. The highest BCUT2D eigenvalue weighted by atomic mass is 32.2. The molecule has 0 aliphatic carbocycles. The van der Waals surface area contributed by atoms with E-state index in [0.717, 1.165) is 18.5 Å². The molecule has 0 radical (unpaired) electrons. The Morgan fingerprint density at radius 1 is 1.20 bits per heavy atom. The van der Waals surface area contributed by atoms with Crippen LogP contribution in [-0.2, 0) is 16.6 Å². The quantitative estimate of drug-likeness (QED) is 0.738. The van der Waals surface area contributed by atoms with Crippen molar-refractivity contribution < 1.29 is 13.5 Å². The highest BCUT2D eigenvalue weighted by molar-refractivity contribution is 7.89. The standard InChI is InChI=1S/C14H24N2O3S/c1-11-8-12(2)14(9-13(11)10-17)20(18,19)15-6-5-7-16(3)4/h8-9,15,17H,5-7,10H2,1-4H3. The number of hydrogen-bond donors (Lipinski definition) is 2. The van der Waals surface area contributed by atoms with Gasteiger partial charge in [0.15, 0.2) is 0 Å². The molecular formula is C14H24N2O3S. The summed E-state index contributed by atoms with van der Waals surface area (Å²) in [5.74, 6) is 0. The van der Waals surface area contributed by atoms with Crippen molar-refractivity contribution in [3.63, 3.8) is 0 Å². The van der Waals surface area contributed by atoms with Crippen LogP contribution in [0.2, 0.25) is 0 Å². The molecule has 0 saturated carbocycles. The fourth-order valence-corrected chi connectivity index (χ4v) is 3.36. The number of benzene rings is 1. The molecule has 0 saturated heterocycles. The summed E-state index contributed by atoms with van der Waals surface area (Å²) in [5, 5.41) is 9.25. The fourth-order valence-electron chi connectivity index (χ4n) is 2.01. The second-order valence-corrected chi connectivity index (χ2v) is 6.99. The molecule has 0 spiro atoms. The molecule has 5 nitrogen and oxygen atoms in total. The normalized spacial score (nSPS) is 12.1. The molecule has 1 aromatic carbocycles. The number of nitrogens with one attached hydrogen (secondary N) is 1. The number of hydrogen-bond acceptors (Lipinski definition) is 4. The van der Waals surface area contributed by atoms with Crippen LogP contribution in [-0.4, -0.2) is 45.6 Å². The first-order valence-electron chi connectivity index (χ1n) is 6.63. The number of sulfonamides is 1. The Morgan fingerprint density at radius 3 is 2.40 bits per heavy atom. The zero-order valence-corrected chi connectivity index (χ0v) is 13.4. The van der Waals surface area contributed by atoms with Gasteiger partial charge in [-0.05, 0) is 63.7 Å². The van der Waals surface area contributed by atoms with Crippen molar-refractivity contribution in [3.8, 4) is 0 Å². The maximum atomic E-state index is 12.3. The van der Waals surface area contributed by atoms with E-state index in [9.17, 15) is 13.5 Å². The van der Waals surface area contributed by atoms with Crippen molar-refractivity contribution in [1.82, 2.24) is 9.62 Å². The van der Waals surface area contributed by atoms with E-state index in [0.29, 0.717) is 17.7 Å². The summed E-state index contributed by atoms with van der Waals surface area (Å²) >= 11 is 0. The molecule has 2 N–H and O–H groups in total. The average Bonchev–Trinajstić information content (AvgIpc) is 2.34. The lowest BCUT2D eigenvalue weighted by molar-refractivity contribution is 0.280. The summed E-state index contributed by atoms with van der Waals surface area (Å²) < 4.78 is 27.1. The van der Waals surface area contributed by atoms with Gasteiger partial charge in [0, 0.05) is 6.54 Å². The number of aryl methyl sites for hydroxylation is 2. The van der Waals surface area contributed by atoms with Gasteiger partial charge in [0.25, 0.3) is 0 Å². The minimum Gasteiger partial charge on any atom is -0.392 e. The number of rotatable bonds is 7. The molecule has 6 heteroatoms. The van der Waals surface area contributed by atoms with Crippen molar-refractivity contribution in [2.75, 3.05) is 27.2 Å². The van der Waals surface area contributed by atoms with Crippen molar-refractivity contribution in [2.45, 2.75) is 31.8 Å². The van der Waals surface area contributed by atoms with E-state index in [2.05, 4.69) is 4.72 Å². The summed E-state index contributed by atoms with van der Waals surface area (Å²) in [6, 6.07) is 3.35. The SMILES string of the molecule is Cc1cc(C)c(S(=O)(=O)NCCCN(C)C)cc1CO. The number of nitrogens with zero attached hydrogens (tertiary/aromatic N) is 1. The summed E-state index contributed by atoms with van der Waals surface area (Å²) in [7, 11) is 0.383. The summed E-state index contributed by atoms with van der Waals surface area (Å²) in [6.07, 6.45) is 0.754. The topological polar surface area (TPSA) is 69.6 Å². The van der Waals surface area contributed by atoms with Crippen LogP contribution in [0, 0.1) is 13.8 Å². The predicted molar refractivity (Wildman–Crippen MR) is 80.2 cm³/mol. The van der Waals surface area contributed by atoms with Gasteiger partial charge >= 0.3 is 0 Å². The first-order valence-corrected chi connectivity index (χ1v) is 8.11. The van der Waals surface area contributed by atoms with Crippen LogP contribution >= 0.6 is 0 Å². The van der Waals surface area contributed by atoms with E-state index in [1.165, 1.54) is 0 Å². The molecule has 1 rings (SSSR count). The van der Waals surface area contributed by atoms with E-state index in [4.69, 9.17) is 0 Å². The van der Waals surface area contributed by atoms with Gasteiger partial charge in [-0.25, -0.2) is 13.1 Å². The molecule has 0 amide bonds. The molecule has 114 valence electrons. The molecule has 0 fully saturated rings. The second kappa shape index (κ2) is 7.17. The largest absolute Gasteiger partial charge is 0.392 e. The molecular weight excluding hydrogens is 276 g/mol. The van der Waals surface area contributed by atoms with Crippen LogP contribution in [0.1, 0.15) is 23.1 Å². The van der Waals surface area contributed by atoms with E-state index in [1.54, 1.807) is 19.1 Å². The third-order valence-corrected chi connectivity index (χ3v) is 4.77. The van der Waals surface area contributed by atoms with Gasteiger partial charge in [0.05, 0.1) is 11.5 Å². The Bertz CT molecular complexity index is 554. The van der Waals surface area contributed by atoms with Crippen LogP contribution in [0.5, 0.6) is 0 Å². The third-order valence-electron chi connectivity index (χ3n) is 3.17. The Labute approximate surface area is 121 Å². The maximum Gasteiger partial charge on any atom is 0.240 e. The minimum atomic E-state index is -3.52. The lowest BCUT2D eigenvalue weighted by atomic mass is 10.1. The number of aliphatic hydroxyl groups is 1. The Kier molecular flexibility index (Phi) is 6.13. The first-order chi connectivity index (χ1) is 9.27. The van der Waals surface area contributed by atoms with Gasteiger partial charge in [-0.1, -0.05) is 6.07 Å². The van der Waals surface area contributed by atoms with Crippen LogP contribution in [0.3, 0.4) is 0 Å². The highest BCUT2D eigenvalue weighted by Crippen LogP contribution is 2.20. The Hall–Kier alpha value is -0.950. The fraction of sp³-hybridized carbons (Fsp3) is 0.571. The maximum absolute atomic E-state index is 12.3. The van der Waals surface area contributed by atoms with Gasteiger partial charge < -0.3 is 10.0 Å². The molecule has 0 atom stereocenters. The predicted octanol–water partition coefficient (Wildman–Crippen LogP) is 1.03. The van der Waals surface area contributed by atoms with E-state index in [1.807, 2.05) is 25.9 Å². The molecule has 20 heavy (non-hydrogen) atoms. The smallest absolute Gasteiger partial charge is 0.240 e. The molecule has 1 aromatic rings. The van der Waals surface area contributed by atoms with Crippen LogP contribution in [0.25, 0.3) is 0 Å². The summed E-state index contributed by atoms with van der Waals surface area (Å²) in [5.41, 5.74) is 2.24. The van der Waals surface area contributed by atoms with Gasteiger partial charge in [-0.3, -0.25) is 0 Å².